The molecule has 2 atom stereocenters. The minimum Gasteiger partial charge on any atom is -0.396 e. The second kappa shape index (κ2) is 6.32. The van der Waals surface area contributed by atoms with Crippen LogP contribution in [0.1, 0.15) is 26.7 Å². The Morgan fingerprint density at radius 1 is 1.38 bits per heavy atom. The maximum Gasteiger partial charge on any atom is 0.0895 e. The molecule has 80 valence electrons. The molecule has 0 heterocycles. The Kier molecular flexibility index (Phi) is 6.24. The van der Waals surface area contributed by atoms with E-state index in [4.69, 9.17) is 15.3 Å². The summed E-state index contributed by atoms with van der Waals surface area (Å²) < 4.78 is 0. The first-order chi connectivity index (χ1) is 6.08. The molecule has 0 aliphatic heterocycles. The van der Waals surface area contributed by atoms with E-state index in [0.29, 0.717) is 13.0 Å². The van der Waals surface area contributed by atoms with Gasteiger partial charge in [0.05, 0.1) is 12.7 Å². The second-order valence-corrected chi connectivity index (χ2v) is 3.61. The normalized spacial score (nSPS) is 18.2. The molecule has 0 amide bonds. The van der Waals surface area contributed by atoms with Crippen molar-refractivity contribution in [2.24, 2.45) is 0 Å². The van der Waals surface area contributed by atoms with Crippen LogP contribution in [0.15, 0.2) is 0 Å². The van der Waals surface area contributed by atoms with E-state index >= 15 is 0 Å². The van der Waals surface area contributed by atoms with Crippen LogP contribution in [-0.4, -0.2) is 46.7 Å². The van der Waals surface area contributed by atoms with Crippen molar-refractivity contribution in [2.45, 2.75) is 38.3 Å². The Morgan fingerprint density at radius 3 is 2.38 bits per heavy atom. The Labute approximate surface area is 79.6 Å². The lowest BCUT2D eigenvalue weighted by Crippen LogP contribution is -2.46. The zero-order valence-corrected chi connectivity index (χ0v) is 8.45. The van der Waals surface area contributed by atoms with Crippen LogP contribution in [0.2, 0.25) is 0 Å². The van der Waals surface area contributed by atoms with Crippen molar-refractivity contribution in [3.8, 4) is 0 Å². The molecule has 0 aliphatic rings. The maximum atomic E-state index is 9.11. The summed E-state index contributed by atoms with van der Waals surface area (Å²) in [6.45, 7) is 4.28. The fraction of sp³-hybridized carbons (Fsp3) is 1.00. The van der Waals surface area contributed by atoms with Gasteiger partial charge in [-0.2, -0.15) is 0 Å². The van der Waals surface area contributed by atoms with E-state index in [1.165, 1.54) is 0 Å². The molecule has 0 aromatic rings. The molecule has 1 unspecified atom stereocenters. The van der Waals surface area contributed by atoms with E-state index in [0.717, 1.165) is 6.42 Å². The molecule has 4 N–H and O–H groups in total. The molecular weight excluding hydrogens is 170 g/mol. The molecule has 0 saturated carbocycles. The van der Waals surface area contributed by atoms with Gasteiger partial charge in [0.2, 0.25) is 0 Å². The zero-order chi connectivity index (χ0) is 10.3. The molecule has 0 fully saturated rings. The Bertz CT molecular complexity index is 132. The Hall–Kier alpha value is -0.160. The quantitative estimate of drug-likeness (QED) is 0.437. The molecule has 0 saturated heterocycles. The van der Waals surface area contributed by atoms with Gasteiger partial charge in [-0.15, -0.1) is 0 Å². The average molecular weight is 191 g/mol. The molecule has 4 heteroatoms. The first-order valence-electron chi connectivity index (χ1n) is 4.72. The maximum absolute atomic E-state index is 9.11. The summed E-state index contributed by atoms with van der Waals surface area (Å²) in [5.74, 6) is 0. The van der Waals surface area contributed by atoms with Crippen molar-refractivity contribution in [1.29, 1.82) is 0 Å². The van der Waals surface area contributed by atoms with Crippen LogP contribution in [0, 0.1) is 0 Å². The predicted molar refractivity (Wildman–Crippen MR) is 51.5 cm³/mol. The lowest BCUT2D eigenvalue weighted by atomic mass is 9.95. The number of hydrogen-bond donors (Lipinski definition) is 4. The molecule has 4 nitrogen and oxygen atoms in total. The van der Waals surface area contributed by atoms with Gasteiger partial charge in [-0.05, 0) is 19.8 Å². The van der Waals surface area contributed by atoms with Gasteiger partial charge in [-0.25, -0.2) is 0 Å². The van der Waals surface area contributed by atoms with Gasteiger partial charge >= 0.3 is 0 Å². The molecule has 0 radical (unpaired) electrons. The Morgan fingerprint density at radius 2 is 2.00 bits per heavy atom. The largest absolute Gasteiger partial charge is 0.396 e. The monoisotopic (exact) mass is 191 g/mol. The smallest absolute Gasteiger partial charge is 0.0895 e. The van der Waals surface area contributed by atoms with Gasteiger partial charge in [0.25, 0.3) is 0 Å². The molecule has 0 bridgehead atoms. The summed E-state index contributed by atoms with van der Waals surface area (Å²) in [5, 5.41) is 29.6. The van der Waals surface area contributed by atoms with Gasteiger partial charge in [0, 0.05) is 18.7 Å². The van der Waals surface area contributed by atoms with Gasteiger partial charge < -0.3 is 20.6 Å². The molecule has 0 rings (SSSR count). The number of rotatable bonds is 7. The number of nitrogens with one attached hydrogen (secondary N) is 1. The van der Waals surface area contributed by atoms with Crippen LogP contribution in [0.4, 0.5) is 0 Å². The van der Waals surface area contributed by atoms with Crippen LogP contribution in [0.5, 0.6) is 0 Å². The van der Waals surface area contributed by atoms with E-state index < -0.39 is 6.10 Å². The summed E-state index contributed by atoms with van der Waals surface area (Å²) in [4.78, 5) is 0. The summed E-state index contributed by atoms with van der Waals surface area (Å²) in [6.07, 6.45) is 0.817. The minimum atomic E-state index is -0.718. The lowest BCUT2D eigenvalue weighted by molar-refractivity contribution is 0.0832. The topological polar surface area (TPSA) is 72.7 Å². The van der Waals surface area contributed by atoms with Crippen molar-refractivity contribution in [3.63, 3.8) is 0 Å². The van der Waals surface area contributed by atoms with E-state index in [2.05, 4.69) is 5.32 Å². The van der Waals surface area contributed by atoms with Crippen molar-refractivity contribution in [2.75, 3.05) is 19.8 Å². The molecule has 0 spiro atoms. The second-order valence-electron chi connectivity index (χ2n) is 3.61. The SMILES string of the molecule is CCC(C)(CCO)NC[C@H](O)CO. The summed E-state index contributed by atoms with van der Waals surface area (Å²) in [5.41, 5.74) is -0.148. The molecule has 13 heavy (non-hydrogen) atoms. The number of β-amino-alcohol motifs (C(OH)–C–C–N with tert-alkyl or cyclic N) is 1. The van der Waals surface area contributed by atoms with Crippen molar-refractivity contribution in [3.05, 3.63) is 0 Å². The van der Waals surface area contributed by atoms with Gasteiger partial charge in [-0.1, -0.05) is 6.92 Å². The van der Waals surface area contributed by atoms with Crippen molar-refractivity contribution >= 4 is 0 Å². The van der Waals surface area contributed by atoms with Gasteiger partial charge in [-0.3, -0.25) is 0 Å². The average Bonchev–Trinajstić information content (AvgIpc) is 2.15. The third kappa shape index (κ3) is 5.21. The van der Waals surface area contributed by atoms with Gasteiger partial charge in [0.15, 0.2) is 0 Å². The first-order valence-corrected chi connectivity index (χ1v) is 4.72. The number of aliphatic hydroxyl groups excluding tert-OH is 3. The number of hydrogen-bond acceptors (Lipinski definition) is 4. The van der Waals surface area contributed by atoms with E-state index in [1.807, 2.05) is 13.8 Å². The molecule has 0 aliphatic carbocycles. The molecular formula is C9H21NO3. The highest BCUT2D eigenvalue weighted by molar-refractivity contribution is 4.82. The highest BCUT2D eigenvalue weighted by atomic mass is 16.3. The number of aliphatic hydroxyl groups is 3. The summed E-state index contributed by atoms with van der Waals surface area (Å²) >= 11 is 0. The van der Waals surface area contributed by atoms with Crippen LogP contribution < -0.4 is 5.32 Å². The van der Waals surface area contributed by atoms with Crippen molar-refractivity contribution < 1.29 is 15.3 Å². The fourth-order valence-corrected chi connectivity index (χ4v) is 1.07. The fourth-order valence-electron chi connectivity index (χ4n) is 1.07. The lowest BCUT2D eigenvalue weighted by Gasteiger charge is -2.30. The zero-order valence-electron chi connectivity index (χ0n) is 8.45. The molecule has 0 aromatic carbocycles. The van der Waals surface area contributed by atoms with Gasteiger partial charge in [0.1, 0.15) is 0 Å². The Balaban J connectivity index is 3.82. The highest BCUT2D eigenvalue weighted by Gasteiger charge is 2.21. The van der Waals surface area contributed by atoms with E-state index in [-0.39, 0.29) is 18.8 Å². The predicted octanol–water partition coefficient (Wildman–Crippen LogP) is -0.520. The first kappa shape index (κ1) is 12.8. The third-order valence-electron chi connectivity index (χ3n) is 2.42. The minimum absolute atomic E-state index is 0.132. The van der Waals surface area contributed by atoms with Crippen LogP contribution in [0.25, 0.3) is 0 Å². The van der Waals surface area contributed by atoms with Crippen LogP contribution >= 0.6 is 0 Å². The van der Waals surface area contributed by atoms with Crippen LogP contribution in [-0.2, 0) is 0 Å². The van der Waals surface area contributed by atoms with E-state index in [9.17, 15) is 0 Å². The standard InChI is InChI=1S/C9H21NO3/c1-3-9(2,4-5-11)10-6-8(13)7-12/h8,10-13H,3-7H2,1-2H3/t8-,9?/m0/s1. The third-order valence-corrected chi connectivity index (χ3v) is 2.42. The van der Waals surface area contributed by atoms with Crippen molar-refractivity contribution in [1.82, 2.24) is 5.32 Å². The van der Waals surface area contributed by atoms with Crippen LogP contribution in [0.3, 0.4) is 0 Å². The molecule has 0 aromatic heterocycles. The van der Waals surface area contributed by atoms with E-state index in [1.54, 1.807) is 0 Å². The highest BCUT2D eigenvalue weighted by Crippen LogP contribution is 2.13. The summed E-state index contributed by atoms with van der Waals surface area (Å²) in [6, 6.07) is 0. The summed E-state index contributed by atoms with van der Waals surface area (Å²) in [7, 11) is 0.